The summed E-state index contributed by atoms with van der Waals surface area (Å²) in [5, 5.41) is 9.38. The molecule has 0 atom stereocenters. The van der Waals surface area contributed by atoms with E-state index in [1.807, 2.05) is 23.1 Å². The van der Waals surface area contributed by atoms with Crippen molar-refractivity contribution in [2.75, 3.05) is 31.1 Å². The van der Waals surface area contributed by atoms with Crippen molar-refractivity contribution in [1.82, 2.24) is 9.29 Å². The molecule has 1 saturated heterocycles. The molecule has 0 saturated carbocycles. The number of pyridine rings is 1. The molecule has 142 valence electrons. The average Bonchev–Trinajstić information content (AvgIpc) is 2.68. The third-order valence-corrected chi connectivity index (χ3v) is 6.90. The van der Waals surface area contributed by atoms with Gasteiger partial charge in [0, 0.05) is 26.2 Å². The van der Waals surface area contributed by atoms with Crippen LogP contribution in [0.4, 0.5) is 5.82 Å². The summed E-state index contributed by atoms with van der Waals surface area (Å²) in [5.74, 6) is 0.991. The SMILES string of the molecule is CC(C)c1ccc(S(=O)(=O)N2CCN(c3ccc(Cl)c(C#N)n3)CC2)cc1. The highest BCUT2D eigenvalue weighted by Crippen LogP contribution is 2.24. The molecule has 8 heteroatoms. The summed E-state index contributed by atoms with van der Waals surface area (Å²) in [5.41, 5.74) is 1.29. The maximum atomic E-state index is 12.9. The molecule has 1 aromatic heterocycles. The Balaban J connectivity index is 1.72. The summed E-state index contributed by atoms with van der Waals surface area (Å²) < 4.78 is 27.3. The number of rotatable bonds is 4. The topological polar surface area (TPSA) is 77.3 Å². The fourth-order valence-electron chi connectivity index (χ4n) is 3.02. The molecule has 1 fully saturated rings. The lowest BCUT2D eigenvalue weighted by Crippen LogP contribution is -2.48. The minimum atomic E-state index is -3.52. The van der Waals surface area contributed by atoms with Gasteiger partial charge in [-0.2, -0.15) is 9.57 Å². The van der Waals surface area contributed by atoms with Gasteiger partial charge in [-0.05, 0) is 35.7 Å². The molecule has 1 aliphatic heterocycles. The van der Waals surface area contributed by atoms with Crippen molar-refractivity contribution in [3.63, 3.8) is 0 Å². The fraction of sp³-hybridized carbons (Fsp3) is 0.368. The van der Waals surface area contributed by atoms with Gasteiger partial charge in [0.15, 0.2) is 5.69 Å². The van der Waals surface area contributed by atoms with E-state index in [4.69, 9.17) is 16.9 Å². The van der Waals surface area contributed by atoms with Crippen LogP contribution in [0.5, 0.6) is 0 Å². The number of halogens is 1. The maximum Gasteiger partial charge on any atom is 0.243 e. The Hall–Kier alpha value is -2.14. The van der Waals surface area contributed by atoms with E-state index in [1.165, 1.54) is 4.31 Å². The van der Waals surface area contributed by atoms with Crippen LogP contribution in [0.3, 0.4) is 0 Å². The molecule has 0 aliphatic carbocycles. The summed E-state index contributed by atoms with van der Waals surface area (Å²) in [6.07, 6.45) is 0. The van der Waals surface area contributed by atoms with E-state index in [0.29, 0.717) is 47.8 Å². The van der Waals surface area contributed by atoms with E-state index in [0.717, 1.165) is 5.56 Å². The Morgan fingerprint density at radius 1 is 1.07 bits per heavy atom. The predicted octanol–water partition coefficient (Wildman–Crippen LogP) is 3.24. The normalized spacial score (nSPS) is 15.7. The van der Waals surface area contributed by atoms with E-state index < -0.39 is 10.0 Å². The van der Waals surface area contributed by atoms with Crippen LogP contribution in [-0.4, -0.2) is 43.9 Å². The molecule has 0 spiro atoms. The minimum absolute atomic E-state index is 0.175. The van der Waals surface area contributed by atoms with Gasteiger partial charge in [-0.15, -0.1) is 0 Å². The summed E-state index contributed by atoms with van der Waals surface area (Å²) in [7, 11) is -3.52. The fourth-order valence-corrected chi connectivity index (χ4v) is 4.59. The van der Waals surface area contributed by atoms with E-state index in [1.54, 1.807) is 24.3 Å². The predicted molar refractivity (Wildman–Crippen MR) is 105 cm³/mol. The van der Waals surface area contributed by atoms with Gasteiger partial charge in [0.1, 0.15) is 11.9 Å². The molecule has 0 unspecified atom stereocenters. The third kappa shape index (κ3) is 4.08. The van der Waals surface area contributed by atoms with Crippen molar-refractivity contribution in [3.05, 3.63) is 52.7 Å². The van der Waals surface area contributed by atoms with Crippen LogP contribution >= 0.6 is 11.6 Å². The number of sulfonamides is 1. The lowest BCUT2D eigenvalue weighted by Gasteiger charge is -2.34. The zero-order chi connectivity index (χ0) is 19.6. The van der Waals surface area contributed by atoms with Crippen LogP contribution in [0, 0.1) is 11.3 Å². The Bertz CT molecular complexity index is 960. The average molecular weight is 405 g/mol. The zero-order valence-electron chi connectivity index (χ0n) is 15.3. The summed E-state index contributed by atoms with van der Waals surface area (Å²) in [6, 6.07) is 12.4. The molecule has 1 aromatic carbocycles. The summed E-state index contributed by atoms with van der Waals surface area (Å²) in [6.45, 7) is 5.88. The lowest BCUT2D eigenvalue weighted by molar-refractivity contribution is 0.384. The second kappa shape index (κ2) is 7.85. The van der Waals surface area contributed by atoms with Crippen LogP contribution in [-0.2, 0) is 10.0 Å². The number of benzene rings is 1. The highest BCUT2D eigenvalue weighted by Gasteiger charge is 2.29. The first-order valence-corrected chi connectivity index (χ1v) is 10.6. The highest BCUT2D eigenvalue weighted by atomic mass is 35.5. The van der Waals surface area contributed by atoms with Gasteiger partial charge >= 0.3 is 0 Å². The molecular weight excluding hydrogens is 384 g/mol. The molecule has 0 bridgehead atoms. The van der Waals surface area contributed by atoms with Crippen molar-refractivity contribution < 1.29 is 8.42 Å². The van der Waals surface area contributed by atoms with Gasteiger partial charge in [-0.25, -0.2) is 13.4 Å². The maximum absolute atomic E-state index is 12.9. The highest BCUT2D eigenvalue weighted by molar-refractivity contribution is 7.89. The van der Waals surface area contributed by atoms with Gasteiger partial charge in [-0.1, -0.05) is 37.6 Å². The van der Waals surface area contributed by atoms with E-state index in [2.05, 4.69) is 18.8 Å². The molecule has 0 N–H and O–H groups in total. The van der Waals surface area contributed by atoms with Crippen molar-refractivity contribution in [3.8, 4) is 6.07 Å². The van der Waals surface area contributed by atoms with Gasteiger partial charge in [0.25, 0.3) is 0 Å². The Morgan fingerprint density at radius 2 is 1.70 bits per heavy atom. The number of hydrogen-bond donors (Lipinski definition) is 0. The third-order valence-electron chi connectivity index (χ3n) is 4.68. The summed E-state index contributed by atoms with van der Waals surface area (Å²) in [4.78, 5) is 6.53. The van der Waals surface area contributed by atoms with Crippen LogP contribution in [0.15, 0.2) is 41.3 Å². The number of aromatic nitrogens is 1. The van der Waals surface area contributed by atoms with Crippen LogP contribution in [0.25, 0.3) is 0 Å². The molecule has 1 aliphatic rings. The van der Waals surface area contributed by atoms with Crippen molar-refractivity contribution in [1.29, 1.82) is 5.26 Å². The van der Waals surface area contributed by atoms with Crippen molar-refractivity contribution in [2.45, 2.75) is 24.7 Å². The Kier molecular flexibility index (Phi) is 5.70. The number of piperazine rings is 1. The van der Waals surface area contributed by atoms with Crippen LogP contribution in [0.2, 0.25) is 5.02 Å². The first-order valence-electron chi connectivity index (χ1n) is 8.74. The van der Waals surface area contributed by atoms with Gasteiger partial charge < -0.3 is 4.90 Å². The summed E-state index contributed by atoms with van der Waals surface area (Å²) >= 11 is 5.93. The Labute approximate surface area is 165 Å². The molecule has 27 heavy (non-hydrogen) atoms. The number of hydrogen-bond acceptors (Lipinski definition) is 5. The van der Waals surface area contributed by atoms with Crippen molar-refractivity contribution >= 4 is 27.4 Å². The second-order valence-corrected chi connectivity index (χ2v) is 9.07. The van der Waals surface area contributed by atoms with Gasteiger partial charge in [0.05, 0.1) is 9.92 Å². The number of nitrogens with zero attached hydrogens (tertiary/aromatic N) is 4. The van der Waals surface area contributed by atoms with E-state index >= 15 is 0 Å². The van der Waals surface area contributed by atoms with E-state index in [-0.39, 0.29) is 5.69 Å². The number of nitriles is 1. The molecule has 2 heterocycles. The Morgan fingerprint density at radius 3 is 2.26 bits per heavy atom. The molecule has 0 radical (unpaired) electrons. The van der Waals surface area contributed by atoms with Crippen LogP contribution in [0.1, 0.15) is 31.0 Å². The quantitative estimate of drug-likeness (QED) is 0.781. The molecule has 3 rings (SSSR count). The monoisotopic (exact) mass is 404 g/mol. The smallest absolute Gasteiger partial charge is 0.243 e. The van der Waals surface area contributed by atoms with Crippen molar-refractivity contribution in [2.24, 2.45) is 0 Å². The molecule has 2 aromatic rings. The largest absolute Gasteiger partial charge is 0.354 e. The zero-order valence-corrected chi connectivity index (χ0v) is 16.8. The number of anilines is 1. The van der Waals surface area contributed by atoms with Crippen LogP contribution < -0.4 is 4.90 Å². The molecule has 0 amide bonds. The van der Waals surface area contributed by atoms with Gasteiger partial charge in [-0.3, -0.25) is 0 Å². The minimum Gasteiger partial charge on any atom is -0.354 e. The molecule has 6 nitrogen and oxygen atoms in total. The second-order valence-electron chi connectivity index (χ2n) is 6.73. The first kappa shape index (κ1) is 19.6. The van der Waals surface area contributed by atoms with Gasteiger partial charge in [0.2, 0.25) is 10.0 Å². The molecular formula is C19H21ClN4O2S. The van der Waals surface area contributed by atoms with E-state index in [9.17, 15) is 8.42 Å². The lowest BCUT2D eigenvalue weighted by atomic mass is 10.0. The standard InChI is InChI=1S/C19H21ClN4O2S/c1-14(2)15-3-5-16(6-4-15)27(25,26)24-11-9-23(10-12-24)19-8-7-17(20)18(13-21)22-19/h3-8,14H,9-12H2,1-2H3. The first-order chi connectivity index (χ1) is 12.8.